The maximum atomic E-state index is 12.6. The Morgan fingerprint density at radius 1 is 0.969 bits per heavy atom. The predicted octanol–water partition coefficient (Wildman–Crippen LogP) is 4.67. The second-order valence-corrected chi connectivity index (χ2v) is 11.3. The molecule has 1 N–H and O–H groups in total. The number of esters is 1. The third-order valence-corrected chi connectivity index (χ3v) is 6.72. The highest BCUT2D eigenvalue weighted by Crippen LogP contribution is 2.32. The van der Waals surface area contributed by atoms with Gasteiger partial charge in [-0.3, -0.25) is 10.1 Å². The number of nitrogens with zero attached hydrogens (tertiary/aromatic N) is 1. The number of likely N-dealkylation sites (tertiary alicyclic amines) is 1. The molecule has 1 saturated carbocycles. The molecular weight excluding hydrogens is 408 g/mol. The van der Waals surface area contributed by atoms with Crippen LogP contribution in [0.5, 0.6) is 0 Å². The van der Waals surface area contributed by atoms with Crippen LogP contribution >= 0.6 is 0 Å². The maximum Gasteiger partial charge on any atom is 0.410 e. The third-order valence-electron chi connectivity index (χ3n) is 6.72. The first-order valence-electron chi connectivity index (χ1n) is 12.3. The van der Waals surface area contributed by atoms with Gasteiger partial charge in [0.15, 0.2) is 0 Å². The van der Waals surface area contributed by atoms with Crippen molar-refractivity contribution >= 4 is 12.1 Å². The molecule has 2 fully saturated rings. The largest absolute Gasteiger partial charge is 0.468 e. The van der Waals surface area contributed by atoms with Crippen molar-refractivity contribution in [2.24, 2.45) is 5.92 Å². The average molecular weight is 455 g/mol. The van der Waals surface area contributed by atoms with Gasteiger partial charge < -0.3 is 19.1 Å². The minimum Gasteiger partial charge on any atom is -0.468 e. The van der Waals surface area contributed by atoms with E-state index in [9.17, 15) is 9.59 Å². The van der Waals surface area contributed by atoms with Crippen molar-refractivity contribution in [2.75, 3.05) is 13.7 Å². The van der Waals surface area contributed by atoms with Crippen LogP contribution in [0.4, 0.5) is 4.79 Å². The van der Waals surface area contributed by atoms with Crippen molar-refractivity contribution in [3.05, 3.63) is 0 Å². The monoisotopic (exact) mass is 454 g/mol. The van der Waals surface area contributed by atoms with E-state index in [1.54, 1.807) is 0 Å². The van der Waals surface area contributed by atoms with Crippen LogP contribution in [0.3, 0.4) is 0 Å². The van der Waals surface area contributed by atoms with Crippen molar-refractivity contribution in [3.8, 4) is 0 Å². The molecule has 1 saturated heterocycles. The number of hydrogen-bond donors (Lipinski definition) is 1. The van der Waals surface area contributed by atoms with Gasteiger partial charge in [0.05, 0.1) is 13.2 Å². The first-order chi connectivity index (χ1) is 14.8. The van der Waals surface area contributed by atoms with Gasteiger partial charge in [-0.05, 0) is 99.3 Å². The van der Waals surface area contributed by atoms with Gasteiger partial charge >= 0.3 is 12.1 Å². The summed E-state index contributed by atoms with van der Waals surface area (Å²) in [7, 11) is 1.43. The quantitative estimate of drug-likeness (QED) is 0.563. The van der Waals surface area contributed by atoms with Crippen molar-refractivity contribution in [1.29, 1.82) is 0 Å². The zero-order chi connectivity index (χ0) is 24.1. The Labute approximate surface area is 194 Å². The standard InChI is InChI=1S/C25H46N2O5/c1-17-15-19(16-18(2)27(17)23(29)32-24(3,4)5)13-14-31-21-11-9-20(10-12-21)26-25(6,7)22(28)30-8/h17-21,26H,9-16H2,1-8H3/t17-,18-,20?,21?/m1/s1. The molecule has 2 rings (SSSR count). The van der Waals surface area contributed by atoms with E-state index in [2.05, 4.69) is 19.2 Å². The Kier molecular flexibility index (Phi) is 9.41. The van der Waals surface area contributed by atoms with E-state index in [1.807, 2.05) is 39.5 Å². The summed E-state index contributed by atoms with van der Waals surface area (Å²) in [6.45, 7) is 14.5. The summed E-state index contributed by atoms with van der Waals surface area (Å²) >= 11 is 0. The normalized spacial score (nSPS) is 29.5. The lowest BCUT2D eigenvalue weighted by atomic mass is 9.85. The molecule has 2 aliphatic rings. The van der Waals surface area contributed by atoms with Gasteiger partial charge in [0.2, 0.25) is 0 Å². The fourth-order valence-corrected chi connectivity index (χ4v) is 5.23. The van der Waals surface area contributed by atoms with Gasteiger partial charge in [-0.1, -0.05) is 0 Å². The van der Waals surface area contributed by atoms with Crippen LogP contribution in [0.2, 0.25) is 0 Å². The van der Waals surface area contributed by atoms with Gasteiger partial charge in [0.25, 0.3) is 0 Å². The van der Waals surface area contributed by atoms with E-state index in [0.717, 1.165) is 51.6 Å². The van der Waals surface area contributed by atoms with E-state index in [4.69, 9.17) is 14.2 Å². The number of rotatable bonds is 7. The Morgan fingerprint density at radius 3 is 2.03 bits per heavy atom. The number of nitrogens with one attached hydrogen (secondary N) is 1. The smallest absolute Gasteiger partial charge is 0.410 e. The summed E-state index contributed by atoms with van der Waals surface area (Å²) in [5.41, 5.74) is -1.13. The molecule has 32 heavy (non-hydrogen) atoms. The lowest BCUT2D eigenvalue weighted by Crippen LogP contribution is -2.53. The number of hydrogen-bond acceptors (Lipinski definition) is 6. The Morgan fingerprint density at radius 2 is 1.53 bits per heavy atom. The van der Waals surface area contributed by atoms with E-state index in [0.29, 0.717) is 18.1 Å². The van der Waals surface area contributed by atoms with Gasteiger partial charge in [-0.15, -0.1) is 0 Å². The molecule has 0 radical (unpaired) electrons. The van der Waals surface area contributed by atoms with Crippen molar-refractivity contribution in [3.63, 3.8) is 0 Å². The molecule has 7 heteroatoms. The molecule has 1 amide bonds. The van der Waals surface area contributed by atoms with Crippen LogP contribution in [0, 0.1) is 5.92 Å². The van der Waals surface area contributed by atoms with Crippen molar-refractivity contribution < 1.29 is 23.8 Å². The molecule has 0 unspecified atom stereocenters. The van der Waals surface area contributed by atoms with Crippen LogP contribution in [-0.4, -0.2) is 66.0 Å². The number of carbonyl (C=O) groups excluding carboxylic acids is 2. The van der Waals surface area contributed by atoms with E-state index >= 15 is 0 Å². The molecule has 0 aromatic rings. The summed E-state index contributed by atoms with van der Waals surface area (Å²) in [5, 5.41) is 3.44. The number of ether oxygens (including phenoxy) is 3. The minimum atomic E-state index is -0.658. The van der Waals surface area contributed by atoms with Gasteiger partial charge in [-0.2, -0.15) is 0 Å². The third kappa shape index (κ3) is 7.91. The number of amides is 1. The molecule has 0 aromatic carbocycles. The van der Waals surface area contributed by atoms with E-state index in [1.165, 1.54) is 7.11 Å². The van der Waals surface area contributed by atoms with Crippen LogP contribution < -0.4 is 5.32 Å². The molecule has 0 spiro atoms. The topological polar surface area (TPSA) is 77.1 Å². The molecule has 0 aromatic heterocycles. The highest BCUT2D eigenvalue weighted by atomic mass is 16.6. The molecule has 1 aliphatic heterocycles. The van der Waals surface area contributed by atoms with Crippen LogP contribution in [-0.2, 0) is 19.0 Å². The van der Waals surface area contributed by atoms with Crippen LogP contribution in [0.15, 0.2) is 0 Å². The average Bonchev–Trinajstić information content (AvgIpc) is 2.66. The lowest BCUT2D eigenvalue weighted by Gasteiger charge is -2.43. The highest BCUT2D eigenvalue weighted by molar-refractivity contribution is 5.79. The van der Waals surface area contributed by atoms with E-state index in [-0.39, 0.29) is 24.1 Å². The molecular formula is C25H46N2O5. The second-order valence-electron chi connectivity index (χ2n) is 11.3. The fourth-order valence-electron chi connectivity index (χ4n) is 5.23. The van der Waals surface area contributed by atoms with E-state index < -0.39 is 11.1 Å². The van der Waals surface area contributed by atoms with Crippen molar-refractivity contribution in [1.82, 2.24) is 10.2 Å². The number of carbonyl (C=O) groups is 2. The predicted molar refractivity (Wildman–Crippen MR) is 126 cm³/mol. The second kappa shape index (κ2) is 11.2. The van der Waals surface area contributed by atoms with Crippen molar-refractivity contribution in [2.45, 2.75) is 129 Å². The summed E-state index contributed by atoms with van der Waals surface area (Å²) < 4.78 is 16.7. The molecule has 1 heterocycles. The maximum absolute atomic E-state index is 12.6. The number of piperidine rings is 1. The Balaban J connectivity index is 1.70. The van der Waals surface area contributed by atoms with Gasteiger partial charge in [-0.25, -0.2) is 4.79 Å². The van der Waals surface area contributed by atoms with Crippen LogP contribution in [0.25, 0.3) is 0 Å². The first-order valence-corrected chi connectivity index (χ1v) is 12.3. The van der Waals surface area contributed by atoms with Gasteiger partial charge in [0, 0.05) is 24.7 Å². The molecule has 0 bridgehead atoms. The summed E-state index contributed by atoms with van der Waals surface area (Å²) in [5.74, 6) is 0.342. The van der Waals surface area contributed by atoms with Gasteiger partial charge in [0.1, 0.15) is 11.1 Å². The summed E-state index contributed by atoms with van der Waals surface area (Å²) in [4.78, 5) is 26.4. The first kappa shape index (κ1) is 26.9. The Hall–Kier alpha value is -1.34. The molecule has 186 valence electrons. The number of methoxy groups -OCH3 is 1. The molecule has 2 atom stereocenters. The zero-order valence-electron chi connectivity index (χ0n) is 21.5. The lowest BCUT2D eigenvalue weighted by molar-refractivity contribution is -0.147. The zero-order valence-corrected chi connectivity index (χ0v) is 21.5. The summed E-state index contributed by atoms with van der Waals surface area (Å²) in [6.07, 6.45) is 7.15. The summed E-state index contributed by atoms with van der Waals surface area (Å²) in [6, 6.07) is 0.680. The molecule has 1 aliphatic carbocycles. The Bertz CT molecular complexity index is 610. The fraction of sp³-hybridized carbons (Fsp3) is 0.920. The van der Waals surface area contributed by atoms with Crippen LogP contribution in [0.1, 0.15) is 93.4 Å². The highest BCUT2D eigenvalue weighted by Gasteiger charge is 2.37. The SMILES string of the molecule is COC(=O)C(C)(C)NC1CCC(OCCC2C[C@@H](C)N(C(=O)OC(C)(C)C)[C@H](C)C2)CC1. The minimum absolute atomic E-state index is 0.179. The molecule has 7 nitrogen and oxygen atoms in total.